The van der Waals surface area contributed by atoms with Gasteiger partial charge in [-0.1, -0.05) is 6.07 Å². The zero-order valence-electron chi connectivity index (χ0n) is 10.3. The van der Waals surface area contributed by atoms with Gasteiger partial charge in [0.25, 0.3) is 14.3 Å². The Hall–Kier alpha value is -0.470. The molecule has 0 saturated carbocycles. The maximum Gasteiger partial charge on any atom is 0.343 e. The molecule has 0 aliphatic carbocycles. The molecule has 0 amide bonds. The summed E-state index contributed by atoms with van der Waals surface area (Å²) in [4.78, 5) is 12.1. The van der Waals surface area contributed by atoms with Crippen molar-refractivity contribution in [3.8, 4) is 0 Å². The minimum atomic E-state index is -4.10. The van der Waals surface area contributed by atoms with Crippen molar-refractivity contribution >= 4 is 49.1 Å². The molecule has 0 radical (unpaired) electrons. The minimum Gasteiger partial charge on any atom is -0.414 e. The molecule has 1 atom stereocenters. The number of benzene rings is 1. The molecule has 1 fully saturated rings. The standard InChI is InChI=1S/C11H10Cl2O5S2/c1-19-8-4-2-3-7(9(8)20(13,15)16)10(14)18-11(12)5-6-17-11/h2-4H,5-6H2,1H3. The Balaban J connectivity index is 2.43. The highest BCUT2D eigenvalue weighted by molar-refractivity contribution is 8.14. The average Bonchev–Trinajstić information content (AvgIpc) is 2.34. The Kier molecular flexibility index (Phi) is 4.56. The lowest BCUT2D eigenvalue weighted by Gasteiger charge is -2.34. The molecule has 0 N–H and O–H groups in total. The van der Waals surface area contributed by atoms with Gasteiger partial charge in [-0.3, -0.25) is 0 Å². The lowest BCUT2D eigenvalue weighted by molar-refractivity contribution is -0.220. The van der Waals surface area contributed by atoms with E-state index in [-0.39, 0.29) is 10.5 Å². The number of hydrogen-bond donors (Lipinski definition) is 0. The van der Waals surface area contributed by atoms with Crippen molar-refractivity contribution in [1.29, 1.82) is 0 Å². The van der Waals surface area contributed by atoms with Gasteiger partial charge < -0.3 is 9.47 Å². The highest BCUT2D eigenvalue weighted by atomic mass is 35.7. The third-order valence-corrected chi connectivity index (χ3v) is 5.30. The van der Waals surface area contributed by atoms with Crippen molar-refractivity contribution < 1.29 is 22.7 Å². The van der Waals surface area contributed by atoms with E-state index in [2.05, 4.69) is 0 Å². The van der Waals surface area contributed by atoms with E-state index < -0.39 is 20.3 Å². The molecule has 0 aromatic heterocycles. The summed E-state index contributed by atoms with van der Waals surface area (Å²) >= 11 is 7.00. The summed E-state index contributed by atoms with van der Waals surface area (Å²) in [5, 5.41) is -1.51. The Morgan fingerprint density at radius 3 is 2.60 bits per heavy atom. The molecule has 1 heterocycles. The molecule has 110 valence electrons. The van der Waals surface area contributed by atoms with Crippen molar-refractivity contribution in [3.05, 3.63) is 23.8 Å². The molecule has 1 aromatic carbocycles. The van der Waals surface area contributed by atoms with Crippen molar-refractivity contribution in [2.45, 2.75) is 21.5 Å². The third-order valence-electron chi connectivity index (χ3n) is 2.63. The van der Waals surface area contributed by atoms with Gasteiger partial charge in [-0.15, -0.1) is 11.8 Å². The van der Waals surface area contributed by atoms with Crippen molar-refractivity contribution in [2.75, 3.05) is 12.9 Å². The molecule has 1 saturated heterocycles. The number of carbonyl (C=O) groups is 1. The number of alkyl halides is 1. The van der Waals surface area contributed by atoms with Gasteiger partial charge in [0.05, 0.1) is 18.6 Å². The fraction of sp³-hybridized carbons (Fsp3) is 0.364. The molecule has 2 rings (SSSR count). The first-order valence-corrected chi connectivity index (χ1v) is 9.36. The SMILES string of the molecule is CSc1cccc(C(=O)OC2(Cl)CCO2)c1S(=O)(=O)Cl. The molecule has 1 unspecified atom stereocenters. The smallest absolute Gasteiger partial charge is 0.343 e. The number of thioether (sulfide) groups is 1. The molecule has 20 heavy (non-hydrogen) atoms. The summed E-state index contributed by atoms with van der Waals surface area (Å²) in [6, 6.07) is 4.40. The second-order valence-corrected chi connectivity index (χ2v) is 7.85. The highest BCUT2D eigenvalue weighted by Gasteiger charge is 2.41. The van der Waals surface area contributed by atoms with Gasteiger partial charge in [0, 0.05) is 15.6 Å². The number of carbonyl (C=O) groups excluding carboxylic acids is 1. The Morgan fingerprint density at radius 1 is 1.50 bits per heavy atom. The van der Waals surface area contributed by atoms with Crippen LogP contribution in [0.4, 0.5) is 0 Å². The number of hydrogen-bond acceptors (Lipinski definition) is 6. The lowest BCUT2D eigenvalue weighted by atomic mass is 10.2. The average molecular weight is 357 g/mol. The summed E-state index contributed by atoms with van der Waals surface area (Å²) in [7, 11) is 1.30. The molecule has 5 nitrogen and oxygen atoms in total. The number of rotatable bonds is 4. The van der Waals surface area contributed by atoms with Crippen LogP contribution in [0.3, 0.4) is 0 Å². The molecule has 1 aliphatic heterocycles. The Morgan fingerprint density at radius 2 is 2.15 bits per heavy atom. The van der Waals surface area contributed by atoms with E-state index in [0.29, 0.717) is 17.9 Å². The summed E-state index contributed by atoms with van der Waals surface area (Å²) in [6.45, 7) is 0.377. The first kappa shape index (κ1) is 15.9. The van der Waals surface area contributed by atoms with Crippen molar-refractivity contribution in [2.24, 2.45) is 0 Å². The van der Waals surface area contributed by atoms with Gasteiger partial charge in [0.1, 0.15) is 4.90 Å². The van der Waals surface area contributed by atoms with E-state index in [9.17, 15) is 13.2 Å². The third kappa shape index (κ3) is 3.23. The first-order valence-electron chi connectivity index (χ1n) is 5.45. The summed E-state index contributed by atoms with van der Waals surface area (Å²) in [5.41, 5.74) is -0.164. The van der Waals surface area contributed by atoms with E-state index >= 15 is 0 Å². The quantitative estimate of drug-likeness (QED) is 0.357. The van der Waals surface area contributed by atoms with E-state index in [4.69, 9.17) is 31.8 Å². The van der Waals surface area contributed by atoms with Crippen LogP contribution in [-0.4, -0.2) is 32.5 Å². The van der Waals surface area contributed by atoms with E-state index in [1.807, 2.05) is 0 Å². The molecule has 0 bridgehead atoms. The predicted molar refractivity (Wildman–Crippen MR) is 75.8 cm³/mol. The summed E-state index contributed by atoms with van der Waals surface area (Å²) in [5.74, 6) is -0.894. The second kappa shape index (κ2) is 5.73. The Bertz CT molecular complexity index is 640. The van der Waals surface area contributed by atoms with Gasteiger partial charge in [-0.25, -0.2) is 13.2 Å². The summed E-state index contributed by atoms with van der Waals surface area (Å²) in [6.07, 6.45) is 2.01. The van der Waals surface area contributed by atoms with Crippen LogP contribution in [-0.2, 0) is 18.5 Å². The van der Waals surface area contributed by atoms with Crippen LogP contribution in [0.15, 0.2) is 28.0 Å². The molecular formula is C11H10Cl2O5S2. The maximum absolute atomic E-state index is 12.1. The second-order valence-electron chi connectivity index (χ2n) is 3.92. The lowest BCUT2D eigenvalue weighted by Crippen LogP contribution is -2.42. The predicted octanol–water partition coefficient (Wildman–Crippen LogP) is 2.81. The monoisotopic (exact) mass is 356 g/mol. The Labute approximate surface area is 129 Å². The van der Waals surface area contributed by atoms with Crippen LogP contribution in [0.5, 0.6) is 0 Å². The van der Waals surface area contributed by atoms with Crippen LogP contribution in [0.25, 0.3) is 0 Å². The largest absolute Gasteiger partial charge is 0.414 e. The molecule has 1 aromatic rings. The fourth-order valence-corrected chi connectivity index (χ4v) is 4.30. The van der Waals surface area contributed by atoms with Gasteiger partial charge >= 0.3 is 5.97 Å². The number of esters is 1. The molecular weight excluding hydrogens is 347 g/mol. The van der Waals surface area contributed by atoms with Crippen LogP contribution < -0.4 is 0 Å². The van der Waals surface area contributed by atoms with Crippen LogP contribution >= 0.6 is 34.0 Å². The van der Waals surface area contributed by atoms with Crippen molar-refractivity contribution in [3.63, 3.8) is 0 Å². The van der Waals surface area contributed by atoms with E-state index in [0.717, 1.165) is 11.8 Å². The van der Waals surface area contributed by atoms with Crippen LogP contribution in [0, 0.1) is 0 Å². The van der Waals surface area contributed by atoms with Gasteiger partial charge in [0.15, 0.2) is 0 Å². The van der Waals surface area contributed by atoms with Gasteiger partial charge in [-0.05, 0) is 30.0 Å². The molecule has 1 aliphatic rings. The summed E-state index contributed by atoms with van der Waals surface area (Å²) < 4.78 is 33.2. The number of ether oxygens (including phenoxy) is 2. The number of halogens is 2. The van der Waals surface area contributed by atoms with Gasteiger partial charge in [0.2, 0.25) is 0 Å². The van der Waals surface area contributed by atoms with E-state index in [1.165, 1.54) is 12.1 Å². The highest BCUT2D eigenvalue weighted by Crippen LogP contribution is 2.36. The first-order chi connectivity index (χ1) is 9.27. The minimum absolute atomic E-state index is 0.164. The zero-order chi connectivity index (χ0) is 15.0. The van der Waals surface area contributed by atoms with Crippen molar-refractivity contribution in [1.82, 2.24) is 0 Å². The molecule has 0 spiro atoms. The van der Waals surface area contributed by atoms with Crippen LogP contribution in [0.1, 0.15) is 16.8 Å². The maximum atomic E-state index is 12.1. The molecule has 9 heteroatoms. The van der Waals surface area contributed by atoms with Gasteiger partial charge in [-0.2, -0.15) is 0 Å². The fourth-order valence-electron chi connectivity index (χ4n) is 1.63. The van der Waals surface area contributed by atoms with E-state index in [1.54, 1.807) is 12.3 Å². The normalized spacial score (nSPS) is 22.1. The topological polar surface area (TPSA) is 69.7 Å². The zero-order valence-corrected chi connectivity index (χ0v) is 13.4. The van der Waals surface area contributed by atoms with Crippen LogP contribution in [0.2, 0.25) is 0 Å².